The Bertz CT molecular complexity index is 564. The highest BCUT2D eigenvalue weighted by Crippen LogP contribution is 2.29. The molecule has 19 heavy (non-hydrogen) atoms. The third-order valence-electron chi connectivity index (χ3n) is 3.07. The van der Waals surface area contributed by atoms with Gasteiger partial charge in [0.25, 0.3) is 0 Å². The molecule has 0 heterocycles. The smallest absolute Gasteiger partial charge is 0.125 e. The SMILES string of the molecule is Cc1ccccc1COc1ccc(Cl)cc1C(C)O. The highest BCUT2D eigenvalue weighted by atomic mass is 35.5. The van der Waals surface area contributed by atoms with Crippen molar-refractivity contribution in [1.29, 1.82) is 0 Å². The molecule has 0 aliphatic heterocycles. The number of rotatable bonds is 4. The molecular formula is C16H17ClO2. The molecule has 2 nitrogen and oxygen atoms in total. The van der Waals surface area contributed by atoms with Crippen LogP contribution >= 0.6 is 11.6 Å². The van der Waals surface area contributed by atoms with E-state index in [1.165, 1.54) is 5.56 Å². The Labute approximate surface area is 118 Å². The van der Waals surface area contributed by atoms with E-state index < -0.39 is 6.10 Å². The number of halogens is 1. The van der Waals surface area contributed by atoms with Gasteiger partial charge in [0.05, 0.1) is 6.10 Å². The molecule has 1 unspecified atom stereocenters. The number of ether oxygens (including phenoxy) is 1. The van der Waals surface area contributed by atoms with Crippen molar-refractivity contribution in [3.8, 4) is 5.75 Å². The van der Waals surface area contributed by atoms with Crippen LogP contribution in [0.4, 0.5) is 0 Å². The lowest BCUT2D eigenvalue weighted by molar-refractivity contribution is 0.190. The molecule has 1 atom stereocenters. The first kappa shape index (κ1) is 13.9. The third kappa shape index (κ3) is 3.49. The Balaban J connectivity index is 2.18. The summed E-state index contributed by atoms with van der Waals surface area (Å²) in [5.74, 6) is 0.669. The van der Waals surface area contributed by atoms with Gasteiger partial charge in [-0.15, -0.1) is 0 Å². The van der Waals surface area contributed by atoms with Gasteiger partial charge in [0.2, 0.25) is 0 Å². The highest BCUT2D eigenvalue weighted by molar-refractivity contribution is 6.30. The van der Waals surface area contributed by atoms with Crippen LogP contribution in [0.15, 0.2) is 42.5 Å². The molecule has 0 saturated heterocycles. The summed E-state index contributed by atoms with van der Waals surface area (Å²) >= 11 is 5.94. The molecule has 2 aromatic carbocycles. The van der Waals surface area contributed by atoms with E-state index in [0.717, 1.165) is 5.56 Å². The number of aliphatic hydroxyl groups is 1. The van der Waals surface area contributed by atoms with Gasteiger partial charge in [0.15, 0.2) is 0 Å². The van der Waals surface area contributed by atoms with E-state index in [2.05, 4.69) is 13.0 Å². The van der Waals surface area contributed by atoms with Gasteiger partial charge in [-0.05, 0) is 43.2 Å². The molecule has 100 valence electrons. The van der Waals surface area contributed by atoms with Crippen LogP contribution in [0.3, 0.4) is 0 Å². The van der Waals surface area contributed by atoms with Gasteiger partial charge in [-0.2, -0.15) is 0 Å². The van der Waals surface area contributed by atoms with Crippen LogP contribution in [-0.2, 0) is 6.61 Å². The zero-order valence-electron chi connectivity index (χ0n) is 11.1. The first-order valence-corrected chi connectivity index (χ1v) is 6.60. The van der Waals surface area contributed by atoms with Crippen molar-refractivity contribution in [1.82, 2.24) is 0 Å². The lowest BCUT2D eigenvalue weighted by atomic mass is 10.1. The Kier molecular flexibility index (Phi) is 4.46. The van der Waals surface area contributed by atoms with Gasteiger partial charge < -0.3 is 9.84 Å². The maximum Gasteiger partial charge on any atom is 0.125 e. The van der Waals surface area contributed by atoms with Crippen LogP contribution in [0.25, 0.3) is 0 Å². The minimum atomic E-state index is -0.606. The summed E-state index contributed by atoms with van der Waals surface area (Å²) in [5.41, 5.74) is 3.03. The van der Waals surface area contributed by atoms with Crippen LogP contribution in [-0.4, -0.2) is 5.11 Å². The second-order valence-electron chi connectivity index (χ2n) is 4.57. The summed E-state index contributed by atoms with van der Waals surface area (Å²) in [7, 11) is 0. The van der Waals surface area contributed by atoms with E-state index in [-0.39, 0.29) is 0 Å². The van der Waals surface area contributed by atoms with Crippen LogP contribution in [0.5, 0.6) is 5.75 Å². The van der Waals surface area contributed by atoms with Gasteiger partial charge >= 0.3 is 0 Å². The molecule has 0 bridgehead atoms. The summed E-state index contributed by atoms with van der Waals surface area (Å²) in [6.07, 6.45) is -0.606. The van der Waals surface area contributed by atoms with Crippen molar-refractivity contribution in [3.05, 3.63) is 64.2 Å². The Morgan fingerprint density at radius 2 is 1.95 bits per heavy atom. The highest BCUT2D eigenvalue weighted by Gasteiger charge is 2.10. The molecule has 2 rings (SSSR count). The van der Waals surface area contributed by atoms with Gasteiger partial charge in [0, 0.05) is 10.6 Å². The van der Waals surface area contributed by atoms with E-state index in [4.69, 9.17) is 16.3 Å². The van der Waals surface area contributed by atoms with Crippen molar-refractivity contribution in [2.24, 2.45) is 0 Å². The van der Waals surface area contributed by atoms with Crippen molar-refractivity contribution < 1.29 is 9.84 Å². The summed E-state index contributed by atoms with van der Waals surface area (Å²) < 4.78 is 5.80. The molecule has 0 spiro atoms. The predicted molar refractivity (Wildman–Crippen MR) is 77.6 cm³/mol. The van der Waals surface area contributed by atoms with Gasteiger partial charge in [0.1, 0.15) is 12.4 Å². The van der Waals surface area contributed by atoms with Crippen molar-refractivity contribution in [2.45, 2.75) is 26.6 Å². The zero-order chi connectivity index (χ0) is 13.8. The number of hydrogen-bond donors (Lipinski definition) is 1. The van der Waals surface area contributed by atoms with Gasteiger partial charge in [-0.25, -0.2) is 0 Å². The number of hydrogen-bond acceptors (Lipinski definition) is 2. The average molecular weight is 277 g/mol. The quantitative estimate of drug-likeness (QED) is 0.903. The molecule has 0 amide bonds. The topological polar surface area (TPSA) is 29.5 Å². The first-order chi connectivity index (χ1) is 9.08. The predicted octanol–water partition coefficient (Wildman–Crippen LogP) is 4.28. The second-order valence-corrected chi connectivity index (χ2v) is 5.01. The zero-order valence-corrected chi connectivity index (χ0v) is 11.8. The molecule has 1 N–H and O–H groups in total. The molecule has 0 saturated carbocycles. The lowest BCUT2D eigenvalue weighted by Gasteiger charge is -2.14. The molecular weight excluding hydrogens is 260 g/mol. The minimum Gasteiger partial charge on any atom is -0.489 e. The third-order valence-corrected chi connectivity index (χ3v) is 3.30. The van der Waals surface area contributed by atoms with Crippen LogP contribution in [0.2, 0.25) is 5.02 Å². The molecule has 0 fully saturated rings. The maximum absolute atomic E-state index is 9.74. The van der Waals surface area contributed by atoms with Crippen LogP contribution < -0.4 is 4.74 Å². The fraction of sp³-hybridized carbons (Fsp3) is 0.250. The number of aliphatic hydroxyl groups excluding tert-OH is 1. The van der Waals surface area contributed by atoms with E-state index in [0.29, 0.717) is 22.9 Å². The fourth-order valence-corrected chi connectivity index (χ4v) is 2.09. The maximum atomic E-state index is 9.74. The van der Waals surface area contributed by atoms with E-state index in [9.17, 15) is 5.11 Å². The molecule has 0 radical (unpaired) electrons. The molecule has 0 aliphatic rings. The van der Waals surface area contributed by atoms with E-state index >= 15 is 0 Å². The Morgan fingerprint density at radius 3 is 2.63 bits per heavy atom. The van der Waals surface area contributed by atoms with Crippen LogP contribution in [0, 0.1) is 6.92 Å². The van der Waals surface area contributed by atoms with Crippen molar-refractivity contribution in [2.75, 3.05) is 0 Å². The number of benzene rings is 2. The molecule has 2 aromatic rings. The fourth-order valence-electron chi connectivity index (χ4n) is 1.90. The number of aryl methyl sites for hydroxylation is 1. The van der Waals surface area contributed by atoms with Gasteiger partial charge in [-0.3, -0.25) is 0 Å². The Morgan fingerprint density at radius 1 is 1.21 bits per heavy atom. The normalized spacial score (nSPS) is 12.2. The van der Waals surface area contributed by atoms with Crippen LogP contribution in [0.1, 0.15) is 29.7 Å². The largest absolute Gasteiger partial charge is 0.489 e. The summed E-state index contributed by atoms with van der Waals surface area (Å²) in [6.45, 7) is 4.23. The minimum absolute atomic E-state index is 0.480. The molecule has 0 aliphatic carbocycles. The summed E-state index contributed by atoms with van der Waals surface area (Å²) in [5, 5.41) is 10.3. The second kappa shape index (κ2) is 6.09. The van der Waals surface area contributed by atoms with Crippen molar-refractivity contribution in [3.63, 3.8) is 0 Å². The Hall–Kier alpha value is -1.51. The standard InChI is InChI=1S/C16H17ClO2/c1-11-5-3-4-6-13(11)10-19-16-8-7-14(17)9-15(16)12(2)18/h3-9,12,18H,10H2,1-2H3. The summed E-state index contributed by atoms with van der Waals surface area (Å²) in [4.78, 5) is 0. The molecule has 3 heteroatoms. The van der Waals surface area contributed by atoms with Crippen molar-refractivity contribution >= 4 is 11.6 Å². The first-order valence-electron chi connectivity index (χ1n) is 6.22. The molecule has 0 aromatic heterocycles. The van der Waals surface area contributed by atoms with Gasteiger partial charge in [-0.1, -0.05) is 35.9 Å². The monoisotopic (exact) mass is 276 g/mol. The van der Waals surface area contributed by atoms with E-state index in [1.54, 1.807) is 25.1 Å². The average Bonchev–Trinajstić information content (AvgIpc) is 2.38. The van der Waals surface area contributed by atoms with E-state index in [1.807, 2.05) is 18.2 Å². The summed E-state index contributed by atoms with van der Waals surface area (Å²) in [6, 6.07) is 13.4. The lowest BCUT2D eigenvalue weighted by Crippen LogP contribution is -2.02.